The van der Waals surface area contributed by atoms with Gasteiger partial charge in [0.05, 0.1) is 23.9 Å². The maximum Gasteiger partial charge on any atom is 0.387 e. The van der Waals surface area contributed by atoms with Gasteiger partial charge in [-0.05, 0) is 6.92 Å². The van der Waals surface area contributed by atoms with Gasteiger partial charge in [-0.25, -0.2) is 4.39 Å². The van der Waals surface area contributed by atoms with Crippen molar-refractivity contribution in [3.63, 3.8) is 0 Å². The van der Waals surface area contributed by atoms with Crippen LogP contribution in [0, 0.1) is 17.1 Å². The van der Waals surface area contributed by atoms with Gasteiger partial charge in [-0.15, -0.1) is 0 Å². The number of rotatable bonds is 5. The number of halogens is 3. The van der Waals surface area contributed by atoms with Crippen molar-refractivity contribution in [3.05, 3.63) is 17.9 Å². The molecule has 0 aliphatic carbocycles. The Hall–Kier alpha value is -2.10. The third-order valence-corrected chi connectivity index (χ3v) is 2.73. The smallest absolute Gasteiger partial charge is 0.387 e. The van der Waals surface area contributed by atoms with E-state index in [1.165, 1.54) is 0 Å². The van der Waals surface area contributed by atoms with Crippen molar-refractivity contribution in [3.8, 4) is 11.8 Å². The lowest BCUT2D eigenvalue weighted by atomic mass is 10.1. The lowest BCUT2D eigenvalue weighted by Gasteiger charge is -2.27. The Morgan fingerprint density at radius 1 is 1.47 bits per heavy atom. The van der Waals surface area contributed by atoms with Crippen LogP contribution in [0.25, 0.3) is 0 Å². The number of ether oxygens (including phenoxy) is 1. The molecule has 19 heavy (non-hydrogen) atoms. The van der Waals surface area contributed by atoms with Crippen molar-refractivity contribution in [2.24, 2.45) is 0 Å². The molecular formula is C12H14F3N3O. The fourth-order valence-electron chi connectivity index (χ4n) is 1.56. The number of hydrogen-bond acceptors (Lipinski definition) is 4. The molecular weight excluding hydrogens is 259 g/mol. The predicted octanol–water partition coefficient (Wildman–Crippen LogP) is 2.75. The van der Waals surface area contributed by atoms with E-state index in [4.69, 9.17) is 11.0 Å². The average molecular weight is 273 g/mol. The van der Waals surface area contributed by atoms with Gasteiger partial charge >= 0.3 is 6.61 Å². The first-order chi connectivity index (χ1) is 8.86. The van der Waals surface area contributed by atoms with Gasteiger partial charge in [-0.1, -0.05) is 0 Å². The molecule has 7 heteroatoms. The maximum atomic E-state index is 13.4. The monoisotopic (exact) mass is 273 g/mol. The summed E-state index contributed by atoms with van der Waals surface area (Å²) in [5.41, 5.74) is 6.07. The summed E-state index contributed by atoms with van der Waals surface area (Å²) in [7, 11) is 1.64. The average Bonchev–Trinajstić information content (AvgIpc) is 2.31. The predicted molar refractivity (Wildman–Crippen MR) is 65.5 cm³/mol. The zero-order valence-electron chi connectivity index (χ0n) is 10.5. The number of benzene rings is 1. The minimum atomic E-state index is -3.12. The van der Waals surface area contributed by atoms with Gasteiger partial charge in [0.25, 0.3) is 0 Å². The fraction of sp³-hybridized carbons (Fsp3) is 0.417. The molecule has 0 saturated carbocycles. The van der Waals surface area contributed by atoms with Crippen molar-refractivity contribution in [1.29, 1.82) is 5.26 Å². The second kappa shape index (κ2) is 6.18. The molecule has 0 heterocycles. The Morgan fingerprint density at radius 2 is 2.11 bits per heavy atom. The van der Waals surface area contributed by atoms with Crippen LogP contribution in [-0.2, 0) is 0 Å². The zero-order chi connectivity index (χ0) is 14.6. The van der Waals surface area contributed by atoms with Crippen LogP contribution in [0.3, 0.4) is 0 Å². The van der Waals surface area contributed by atoms with E-state index >= 15 is 0 Å². The van der Waals surface area contributed by atoms with Crippen molar-refractivity contribution in [2.45, 2.75) is 26.0 Å². The van der Waals surface area contributed by atoms with Crippen molar-refractivity contribution in [2.75, 3.05) is 17.7 Å². The van der Waals surface area contributed by atoms with E-state index in [0.717, 1.165) is 12.1 Å². The van der Waals surface area contributed by atoms with Crippen LogP contribution in [0.4, 0.5) is 24.5 Å². The molecule has 2 N–H and O–H groups in total. The Bertz CT molecular complexity index is 488. The van der Waals surface area contributed by atoms with Crippen molar-refractivity contribution >= 4 is 11.4 Å². The van der Waals surface area contributed by atoms with Crippen molar-refractivity contribution in [1.82, 2.24) is 0 Å². The molecule has 0 aliphatic heterocycles. The molecule has 1 unspecified atom stereocenters. The van der Waals surface area contributed by atoms with E-state index in [1.807, 2.05) is 6.07 Å². The Kier molecular flexibility index (Phi) is 4.87. The summed E-state index contributed by atoms with van der Waals surface area (Å²) in [6.45, 7) is -1.35. The first-order valence-electron chi connectivity index (χ1n) is 5.50. The summed E-state index contributed by atoms with van der Waals surface area (Å²) in [5, 5.41) is 8.63. The fourth-order valence-corrected chi connectivity index (χ4v) is 1.56. The molecule has 0 aliphatic rings. The normalized spacial score (nSPS) is 12.1. The van der Waals surface area contributed by atoms with Gasteiger partial charge in [0, 0.05) is 25.2 Å². The van der Waals surface area contributed by atoms with E-state index in [1.54, 1.807) is 18.9 Å². The molecule has 104 valence electrons. The van der Waals surface area contributed by atoms with E-state index < -0.39 is 18.2 Å². The van der Waals surface area contributed by atoms with Crippen LogP contribution in [0.2, 0.25) is 0 Å². The highest BCUT2D eigenvalue weighted by Gasteiger charge is 2.18. The summed E-state index contributed by atoms with van der Waals surface area (Å²) < 4.78 is 41.7. The van der Waals surface area contributed by atoms with Crippen LogP contribution in [0.5, 0.6) is 5.75 Å². The van der Waals surface area contributed by atoms with Crippen LogP contribution in [0.15, 0.2) is 12.1 Å². The number of hydrogen-bond donors (Lipinski definition) is 1. The van der Waals surface area contributed by atoms with E-state index in [-0.39, 0.29) is 18.2 Å². The Labute approximate surface area is 109 Å². The summed E-state index contributed by atoms with van der Waals surface area (Å²) in [6, 6.07) is 3.81. The van der Waals surface area contributed by atoms with E-state index in [9.17, 15) is 13.2 Å². The first kappa shape index (κ1) is 15.0. The summed E-state index contributed by atoms with van der Waals surface area (Å²) >= 11 is 0. The SMILES string of the molecule is CC(CC#N)N(C)c1cc(OC(F)F)c(F)cc1N. The maximum absolute atomic E-state index is 13.4. The quantitative estimate of drug-likeness (QED) is 0.838. The number of alkyl halides is 2. The number of nitriles is 1. The number of anilines is 2. The van der Waals surface area contributed by atoms with Gasteiger partial charge in [-0.3, -0.25) is 0 Å². The van der Waals surface area contributed by atoms with Gasteiger partial charge < -0.3 is 15.4 Å². The van der Waals surface area contributed by atoms with Gasteiger partial charge in [-0.2, -0.15) is 14.0 Å². The minimum Gasteiger partial charge on any atom is -0.432 e. The first-order valence-corrected chi connectivity index (χ1v) is 5.50. The molecule has 0 amide bonds. The van der Waals surface area contributed by atoms with E-state index in [0.29, 0.717) is 5.69 Å². The van der Waals surface area contributed by atoms with Gasteiger partial charge in [0.15, 0.2) is 11.6 Å². The zero-order valence-corrected chi connectivity index (χ0v) is 10.5. The van der Waals surface area contributed by atoms with E-state index in [2.05, 4.69) is 4.74 Å². The third kappa shape index (κ3) is 3.68. The lowest BCUT2D eigenvalue weighted by Crippen LogP contribution is -2.29. The molecule has 4 nitrogen and oxygen atoms in total. The highest BCUT2D eigenvalue weighted by atomic mass is 19.3. The summed E-state index contributed by atoms with van der Waals surface area (Å²) in [4.78, 5) is 1.61. The molecule has 1 aromatic rings. The van der Waals surface area contributed by atoms with Crippen LogP contribution in [-0.4, -0.2) is 19.7 Å². The van der Waals surface area contributed by atoms with Crippen LogP contribution < -0.4 is 15.4 Å². The molecule has 0 radical (unpaired) electrons. The molecule has 0 spiro atoms. The molecule has 0 fully saturated rings. The number of nitrogens with two attached hydrogens (primary N) is 1. The molecule has 0 bridgehead atoms. The highest BCUT2D eigenvalue weighted by molar-refractivity contribution is 5.70. The molecule has 0 saturated heterocycles. The van der Waals surface area contributed by atoms with Crippen molar-refractivity contribution < 1.29 is 17.9 Å². The standard InChI is InChI=1S/C12H14F3N3O/c1-7(3-4-16)18(2)10-6-11(19-12(14)15)8(13)5-9(10)17/h5-7,12H,3,17H2,1-2H3. The lowest BCUT2D eigenvalue weighted by molar-refractivity contribution is -0.0521. The molecule has 1 atom stereocenters. The minimum absolute atomic E-state index is 0.0893. The summed E-state index contributed by atoms with van der Waals surface area (Å²) in [5.74, 6) is -1.53. The number of nitrogens with zero attached hydrogens (tertiary/aromatic N) is 2. The topological polar surface area (TPSA) is 62.3 Å². The summed E-state index contributed by atoms with van der Waals surface area (Å²) in [6.07, 6.45) is 0.221. The second-order valence-corrected chi connectivity index (χ2v) is 4.04. The molecule has 0 aromatic heterocycles. The Morgan fingerprint density at radius 3 is 2.63 bits per heavy atom. The molecule has 1 aromatic carbocycles. The largest absolute Gasteiger partial charge is 0.432 e. The van der Waals surface area contributed by atoms with Crippen LogP contribution >= 0.6 is 0 Å². The highest BCUT2D eigenvalue weighted by Crippen LogP contribution is 2.32. The van der Waals surface area contributed by atoms with Gasteiger partial charge in [0.2, 0.25) is 0 Å². The Balaban J connectivity index is 3.10. The van der Waals surface area contributed by atoms with Crippen LogP contribution in [0.1, 0.15) is 13.3 Å². The van der Waals surface area contributed by atoms with Gasteiger partial charge in [0.1, 0.15) is 0 Å². The number of nitrogen functional groups attached to an aromatic ring is 1. The molecule has 1 rings (SSSR count). The second-order valence-electron chi connectivity index (χ2n) is 4.04. The third-order valence-electron chi connectivity index (χ3n) is 2.73.